The fraction of sp³-hybridized carbons (Fsp3) is 0.526. The predicted octanol–water partition coefficient (Wildman–Crippen LogP) is 3.47. The number of hydrogen-bond donors (Lipinski definition) is 2. The quantitative estimate of drug-likeness (QED) is 0.626. The summed E-state index contributed by atoms with van der Waals surface area (Å²) in [6.07, 6.45) is 2.83. The number of anilines is 1. The van der Waals surface area contributed by atoms with E-state index in [1.54, 1.807) is 12.1 Å². The molecule has 0 aliphatic carbocycles. The van der Waals surface area contributed by atoms with Gasteiger partial charge in [0.25, 0.3) is 0 Å². The van der Waals surface area contributed by atoms with E-state index in [0.29, 0.717) is 24.3 Å². The average molecular weight is 358 g/mol. The first kappa shape index (κ1) is 21.1. The average Bonchev–Trinajstić information content (AvgIpc) is 2.59. The van der Waals surface area contributed by atoms with Crippen molar-refractivity contribution in [1.29, 1.82) is 10.5 Å². The van der Waals surface area contributed by atoms with Gasteiger partial charge >= 0.3 is 0 Å². The SMILES string of the molecule is CCCC(C)(C)OCC(=P)NCCc1cc(C#N)c(C#N)cc1NC. The Balaban J connectivity index is 2.60. The van der Waals surface area contributed by atoms with Crippen molar-refractivity contribution in [1.82, 2.24) is 5.32 Å². The van der Waals surface area contributed by atoms with Crippen LogP contribution in [0.1, 0.15) is 50.3 Å². The molecule has 1 aromatic rings. The van der Waals surface area contributed by atoms with E-state index in [9.17, 15) is 5.26 Å². The molecular weight excluding hydrogens is 331 g/mol. The summed E-state index contributed by atoms with van der Waals surface area (Å²) >= 11 is 0. The van der Waals surface area contributed by atoms with Crippen LogP contribution in [0.15, 0.2) is 12.1 Å². The van der Waals surface area contributed by atoms with Crippen molar-refractivity contribution >= 4 is 20.0 Å². The molecule has 6 heteroatoms. The third kappa shape index (κ3) is 6.85. The fourth-order valence-electron chi connectivity index (χ4n) is 2.61. The summed E-state index contributed by atoms with van der Waals surface area (Å²) in [5, 5.41) is 24.7. The zero-order valence-corrected chi connectivity index (χ0v) is 16.5. The smallest absolute Gasteiger partial charge is 0.101 e. The van der Waals surface area contributed by atoms with Gasteiger partial charge in [0.2, 0.25) is 0 Å². The lowest BCUT2D eigenvalue weighted by atomic mass is 10.0. The fourth-order valence-corrected chi connectivity index (χ4v) is 2.81. The maximum Gasteiger partial charge on any atom is 0.101 e. The lowest BCUT2D eigenvalue weighted by Gasteiger charge is -2.25. The number of nitriles is 2. The maximum absolute atomic E-state index is 9.18. The summed E-state index contributed by atoms with van der Waals surface area (Å²) in [5.74, 6) is 0. The van der Waals surface area contributed by atoms with Crippen molar-refractivity contribution in [3.63, 3.8) is 0 Å². The Labute approximate surface area is 153 Å². The first-order valence-electron chi connectivity index (χ1n) is 8.47. The van der Waals surface area contributed by atoms with Crippen LogP contribution in [-0.2, 0) is 11.2 Å². The second-order valence-electron chi connectivity index (χ2n) is 6.48. The molecule has 1 aromatic carbocycles. The minimum atomic E-state index is -0.136. The Kier molecular flexibility index (Phi) is 8.59. The van der Waals surface area contributed by atoms with E-state index in [-0.39, 0.29) is 5.60 Å². The third-order valence-electron chi connectivity index (χ3n) is 3.95. The number of nitrogens with one attached hydrogen (secondary N) is 2. The van der Waals surface area contributed by atoms with Crippen molar-refractivity contribution in [3.8, 4) is 12.1 Å². The molecule has 0 saturated carbocycles. The van der Waals surface area contributed by atoms with Gasteiger partial charge in [0.15, 0.2) is 0 Å². The van der Waals surface area contributed by atoms with Gasteiger partial charge in [-0.3, -0.25) is 5.32 Å². The van der Waals surface area contributed by atoms with Crippen LogP contribution in [0.4, 0.5) is 5.69 Å². The summed E-state index contributed by atoms with van der Waals surface area (Å²) in [7, 11) is 5.38. The first-order chi connectivity index (χ1) is 11.9. The molecule has 0 saturated heterocycles. The first-order valence-corrected chi connectivity index (χ1v) is 8.97. The Morgan fingerprint density at radius 1 is 1.24 bits per heavy atom. The molecule has 0 unspecified atom stereocenters. The van der Waals surface area contributed by atoms with E-state index in [1.165, 1.54) is 0 Å². The molecule has 0 fully saturated rings. The van der Waals surface area contributed by atoms with Gasteiger partial charge in [-0.15, -0.1) is 8.86 Å². The van der Waals surface area contributed by atoms with E-state index in [2.05, 4.69) is 52.4 Å². The second kappa shape index (κ2) is 10.2. The Bertz CT molecular complexity index is 686. The normalized spacial score (nSPS) is 10.8. The van der Waals surface area contributed by atoms with E-state index < -0.39 is 0 Å². The van der Waals surface area contributed by atoms with Crippen LogP contribution in [0.2, 0.25) is 0 Å². The molecule has 2 N–H and O–H groups in total. The number of hydrogen-bond acceptors (Lipinski definition) is 4. The van der Waals surface area contributed by atoms with E-state index in [4.69, 9.17) is 10.00 Å². The van der Waals surface area contributed by atoms with Gasteiger partial charge in [-0.2, -0.15) is 10.5 Å². The maximum atomic E-state index is 9.18. The van der Waals surface area contributed by atoms with Crippen LogP contribution in [0, 0.1) is 22.7 Å². The van der Waals surface area contributed by atoms with Gasteiger partial charge in [-0.05, 0) is 44.4 Å². The summed E-state index contributed by atoms with van der Waals surface area (Å²) in [6, 6.07) is 7.64. The molecule has 0 amide bonds. The molecule has 0 spiro atoms. The van der Waals surface area contributed by atoms with E-state index >= 15 is 0 Å². The summed E-state index contributed by atoms with van der Waals surface area (Å²) in [6.45, 7) is 7.53. The molecule has 134 valence electrons. The summed E-state index contributed by atoms with van der Waals surface area (Å²) < 4.78 is 5.91. The molecule has 0 aliphatic rings. The van der Waals surface area contributed by atoms with Crippen LogP contribution < -0.4 is 10.6 Å². The lowest BCUT2D eigenvalue weighted by molar-refractivity contribution is -0.00208. The second-order valence-corrected chi connectivity index (χ2v) is 7.09. The molecular formula is C19H27N4OP. The van der Waals surface area contributed by atoms with Gasteiger partial charge in [0, 0.05) is 24.7 Å². The van der Waals surface area contributed by atoms with Crippen molar-refractivity contribution in [2.45, 2.75) is 45.6 Å². The van der Waals surface area contributed by atoms with Gasteiger partial charge in [-0.1, -0.05) is 13.3 Å². The molecule has 0 aliphatic heterocycles. The van der Waals surface area contributed by atoms with Gasteiger partial charge in [0.1, 0.15) is 12.1 Å². The van der Waals surface area contributed by atoms with E-state index in [0.717, 1.165) is 35.9 Å². The molecule has 0 aromatic heterocycles. The minimum absolute atomic E-state index is 0.136. The predicted molar refractivity (Wildman–Crippen MR) is 105 cm³/mol. The Morgan fingerprint density at radius 2 is 1.88 bits per heavy atom. The lowest BCUT2D eigenvalue weighted by Crippen LogP contribution is -2.33. The third-order valence-corrected chi connectivity index (χ3v) is 4.27. The number of rotatable bonds is 10. The van der Waals surface area contributed by atoms with Crippen LogP contribution in [0.3, 0.4) is 0 Å². The molecule has 0 bridgehead atoms. The topological polar surface area (TPSA) is 80.9 Å². The van der Waals surface area contributed by atoms with Crippen molar-refractivity contribution in [3.05, 3.63) is 28.8 Å². The van der Waals surface area contributed by atoms with Gasteiger partial charge < -0.3 is 10.1 Å². The summed E-state index contributed by atoms with van der Waals surface area (Å²) in [4.78, 5) is 0. The Morgan fingerprint density at radius 3 is 2.44 bits per heavy atom. The highest BCUT2D eigenvalue weighted by Gasteiger charge is 2.17. The van der Waals surface area contributed by atoms with Crippen LogP contribution in [0.25, 0.3) is 0 Å². The minimum Gasteiger partial charge on any atom is -0.388 e. The number of benzene rings is 1. The van der Waals surface area contributed by atoms with Gasteiger partial charge in [-0.25, -0.2) is 0 Å². The Hall–Kier alpha value is -1.91. The summed E-state index contributed by atoms with van der Waals surface area (Å²) in [5.41, 5.74) is 3.42. The van der Waals surface area contributed by atoms with Crippen molar-refractivity contribution in [2.24, 2.45) is 0 Å². The van der Waals surface area contributed by atoms with Crippen molar-refractivity contribution < 1.29 is 4.74 Å². The van der Waals surface area contributed by atoms with Crippen LogP contribution in [0.5, 0.6) is 0 Å². The largest absolute Gasteiger partial charge is 0.388 e. The van der Waals surface area contributed by atoms with Gasteiger partial charge in [0.05, 0.1) is 23.3 Å². The highest BCUT2D eigenvalue weighted by Crippen LogP contribution is 2.21. The zero-order chi connectivity index (χ0) is 18.9. The van der Waals surface area contributed by atoms with Crippen molar-refractivity contribution in [2.75, 3.05) is 25.5 Å². The molecule has 1 rings (SSSR count). The standard InChI is InChI=1S/C19H27N4OP/c1-5-7-19(2,3)24-13-18(25)23-8-6-14-9-15(11-20)16(12-21)10-17(14)22-4/h9-10,22-23,25H,5-8,13H2,1-4H3. The molecule has 0 atom stereocenters. The molecule has 0 heterocycles. The molecule has 0 radical (unpaired) electrons. The molecule has 5 nitrogen and oxygen atoms in total. The zero-order valence-electron chi connectivity index (χ0n) is 15.5. The van der Waals surface area contributed by atoms with Crippen LogP contribution >= 0.6 is 8.86 Å². The molecule has 25 heavy (non-hydrogen) atoms. The van der Waals surface area contributed by atoms with E-state index in [1.807, 2.05) is 7.05 Å². The highest BCUT2D eigenvalue weighted by atomic mass is 31.0. The monoisotopic (exact) mass is 358 g/mol. The number of ether oxygens (including phenoxy) is 1. The van der Waals surface area contributed by atoms with Crippen LogP contribution in [-0.4, -0.2) is 31.2 Å². The highest BCUT2D eigenvalue weighted by molar-refractivity contribution is 7.21. The number of nitrogens with zero attached hydrogens (tertiary/aromatic N) is 2.